The summed E-state index contributed by atoms with van der Waals surface area (Å²) in [7, 11) is 0. The third-order valence-corrected chi connectivity index (χ3v) is 5.15. The first-order chi connectivity index (χ1) is 12.4. The predicted molar refractivity (Wildman–Crippen MR) is 115 cm³/mol. The molecule has 1 aromatic carbocycles. The summed E-state index contributed by atoms with van der Waals surface area (Å²) < 4.78 is 2.24. The minimum atomic E-state index is 0.572. The van der Waals surface area contributed by atoms with Gasteiger partial charge in [0.25, 0.3) is 0 Å². The molecule has 0 atom stereocenters. The molecule has 0 aliphatic carbocycles. The zero-order valence-corrected chi connectivity index (χ0v) is 17.9. The van der Waals surface area contributed by atoms with Crippen molar-refractivity contribution in [2.45, 2.75) is 52.2 Å². The highest BCUT2D eigenvalue weighted by atomic mass is 32.2. The van der Waals surface area contributed by atoms with Crippen LogP contribution in [0, 0.1) is 19.8 Å². The molecule has 1 aromatic heterocycles. The normalized spacial score (nSPS) is 11.0. The Labute approximate surface area is 166 Å². The van der Waals surface area contributed by atoms with Crippen LogP contribution in [0.5, 0.6) is 0 Å². The van der Waals surface area contributed by atoms with Gasteiger partial charge in [-0.15, -0.1) is 10.2 Å². The highest BCUT2D eigenvalue weighted by Crippen LogP contribution is 2.18. The van der Waals surface area contributed by atoms with Gasteiger partial charge in [0, 0.05) is 25.2 Å². The SMILES string of the molecule is CSc1nnc(CCCNC(=S)Nc2cccc(C)c2C)n1CC(C)C. The largest absolute Gasteiger partial charge is 0.362 e. The quantitative estimate of drug-likeness (QED) is 0.400. The van der Waals surface area contributed by atoms with Gasteiger partial charge in [-0.05, 0) is 61.9 Å². The predicted octanol–water partition coefficient (Wildman–Crippen LogP) is 4.19. The van der Waals surface area contributed by atoms with Crippen molar-refractivity contribution in [3.8, 4) is 0 Å². The van der Waals surface area contributed by atoms with Crippen LogP contribution in [0.25, 0.3) is 0 Å². The van der Waals surface area contributed by atoms with E-state index in [4.69, 9.17) is 12.2 Å². The minimum absolute atomic E-state index is 0.572. The van der Waals surface area contributed by atoms with Crippen molar-refractivity contribution in [2.75, 3.05) is 18.1 Å². The van der Waals surface area contributed by atoms with Crippen molar-refractivity contribution in [2.24, 2.45) is 5.92 Å². The molecule has 2 aromatic rings. The van der Waals surface area contributed by atoms with E-state index < -0.39 is 0 Å². The van der Waals surface area contributed by atoms with E-state index in [1.54, 1.807) is 11.8 Å². The number of aromatic nitrogens is 3. The lowest BCUT2D eigenvalue weighted by molar-refractivity contribution is 0.477. The zero-order valence-electron chi connectivity index (χ0n) is 16.3. The van der Waals surface area contributed by atoms with E-state index in [1.807, 2.05) is 12.3 Å². The smallest absolute Gasteiger partial charge is 0.190 e. The second-order valence-corrected chi connectivity index (χ2v) is 8.02. The molecular weight excluding hydrogens is 362 g/mol. The Kier molecular flexibility index (Phi) is 7.90. The van der Waals surface area contributed by atoms with E-state index in [0.717, 1.165) is 42.6 Å². The van der Waals surface area contributed by atoms with Crippen LogP contribution in [0.15, 0.2) is 23.4 Å². The third kappa shape index (κ3) is 5.71. The second-order valence-electron chi connectivity index (χ2n) is 6.84. The van der Waals surface area contributed by atoms with Crippen molar-refractivity contribution >= 4 is 34.8 Å². The number of thiocarbonyl (C=S) groups is 1. The number of rotatable bonds is 8. The molecule has 0 saturated heterocycles. The van der Waals surface area contributed by atoms with Crippen molar-refractivity contribution in [1.82, 2.24) is 20.1 Å². The molecule has 0 unspecified atom stereocenters. The molecule has 26 heavy (non-hydrogen) atoms. The molecule has 142 valence electrons. The molecule has 0 spiro atoms. The Morgan fingerprint density at radius 1 is 1.27 bits per heavy atom. The zero-order chi connectivity index (χ0) is 19.1. The molecular formula is C19H29N5S2. The molecule has 1 heterocycles. The lowest BCUT2D eigenvalue weighted by Gasteiger charge is -2.14. The number of nitrogens with zero attached hydrogens (tertiary/aromatic N) is 3. The lowest BCUT2D eigenvalue weighted by Crippen LogP contribution is -2.30. The molecule has 0 aliphatic rings. The van der Waals surface area contributed by atoms with Gasteiger partial charge in [-0.3, -0.25) is 0 Å². The summed E-state index contributed by atoms with van der Waals surface area (Å²) in [6, 6.07) is 6.19. The fourth-order valence-electron chi connectivity index (χ4n) is 2.70. The minimum Gasteiger partial charge on any atom is -0.362 e. The van der Waals surface area contributed by atoms with Crippen LogP contribution in [0.1, 0.15) is 37.2 Å². The molecule has 0 radical (unpaired) electrons. The molecule has 7 heteroatoms. The summed E-state index contributed by atoms with van der Waals surface area (Å²) in [6.45, 7) is 10.4. The summed E-state index contributed by atoms with van der Waals surface area (Å²) in [6.07, 6.45) is 3.89. The highest BCUT2D eigenvalue weighted by molar-refractivity contribution is 7.98. The molecule has 0 aliphatic heterocycles. The lowest BCUT2D eigenvalue weighted by atomic mass is 10.1. The summed E-state index contributed by atoms with van der Waals surface area (Å²) in [5.74, 6) is 1.63. The summed E-state index contributed by atoms with van der Waals surface area (Å²) in [4.78, 5) is 0. The Bertz CT molecular complexity index is 740. The fourth-order valence-corrected chi connectivity index (χ4v) is 3.44. The van der Waals surface area contributed by atoms with Crippen LogP contribution in [0.3, 0.4) is 0 Å². The number of nitrogens with one attached hydrogen (secondary N) is 2. The number of hydrogen-bond acceptors (Lipinski definition) is 4. The molecule has 5 nitrogen and oxygen atoms in total. The highest BCUT2D eigenvalue weighted by Gasteiger charge is 2.12. The van der Waals surface area contributed by atoms with Crippen molar-refractivity contribution in [1.29, 1.82) is 0 Å². The van der Waals surface area contributed by atoms with Crippen LogP contribution >= 0.6 is 24.0 Å². The Morgan fingerprint density at radius 3 is 2.73 bits per heavy atom. The van der Waals surface area contributed by atoms with Gasteiger partial charge in [0.15, 0.2) is 10.3 Å². The molecule has 0 saturated carbocycles. The van der Waals surface area contributed by atoms with Crippen LogP contribution in [0.4, 0.5) is 5.69 Å². The van der Waals surface area contributed by atoms with Crippen molar-refractivity contribution in [3.05, 3.63) is 35.2 Å². The van der Waals surface area contributed by atoms with Gasteiger partial charge in [-0.2, -0.15) is 0 Å². The first-order valence-corrected chi connectivity index (χ1v) is 10.6. The Hall–Kier alpha value is -1.60. The maximum Gasteiger partial charge on any atom is 0.190 e. The van der Waals surface area contributed by atoms with E-state index >= 15 is 0 Å². The second kappa shape index (κ2) is 9.92. The average Bonchev–Trinajstić information content (AvgIpc) is 2.97. The number of aryl methyl sites for hydroxylation is 2. The van der Waals surface area contributed by atoms with Crippen molar-refractivity contribution < 1.29 is 0 Å². The maximum atomic E-state index is 5.42. The number of benzene rings is 1. The van der Waals surface area contributed by atoms with E-state index in [1.165, 1.54) is 11.1 Å². The molecule has 0 fully saturated rings. The van der Waals surface area contributed by atoms with Crippen LogP contribution in [-0.4, -0.2) is 32.7 Å². The number of hydrogen-bond donors (Lipinski definition) is 2. The van der Waals surface area contributed by atoms with Crippen LogP contribution in [-0.2, 0) is 13.0 Å². The third-order valence-electron chi connectivity index (χ3n) is 4.24. The van der Waals surface area contributed by atoms with Gasteiger partial charge < -0.3 is 15.2 Å². The maximum absolute atomic E-state index is 5.42. The fraction of sp³-hybridized carbons (Fsp3) is 0.526. The first kappa shape index (κ1) is 20.7. The Morgan fingerprint density at radius 2 is 2.04 bits per heavy atom. The summed E-state index contributed by atoms with van der Waals surface area (Å²) in [5, 5.41) is 16.9. The number of thioether (sulfide) groups is 1. The van der Waals surface area contributed by atoms with Gasteiger partial charge in [-0.25, -0.2) is 0 Å². The van der Waals surface area contributed by atoms with Gasteiger partial charge in [0.05, 0.1) is 0 Å². The first-order valence-electron chi connectivity index (χ1n) is 8.99. The van der Waals surface area contributed by atoms with E-state index in [0.29, 0.717) is 11.0 Å². The average molecular weight is 392 g/mol. The van der Waals surface area contributed by atoms with E-state index in [9.17, 15) is 0 Å². The van der Waals surface area contributed by atoms with E-state index in [-0.39, 0.29) is 0 Å². The number of anilines is 1. The molecule has 0 bridgehead atoms. The molecule has 2 N–H and O–H groups in total. The van der Waals surface area contributed by atoms with Gasteiger partial charge in [-0.1, -0.05) is 37.7 Å². The molecule has 2 rings (SSSR count). The summed E-state index contributed by atoms with van der Waals surface area (Å²) in [5.41, 5.74) is 3.54. The topological polar surface area (TPSA) is 54.8 Å². The molecule has 0 amide bonds. The van der Waals surface area contributed by atoms with Crippen LogP contribution in [0.2, 0.25) is 0 Å². The van der Waals surface area contributed by atoms with Gasteiger partial charge in [0.1, 0.15) is 5.82 Å². The standard InChI is InChI=1S/C19H29N5S2/c1-13(2)12-24-17(22-23-19(24)26-5)10-7-11-20-18(25)21-16-9-6-8-14(3)15(16)4/h6,8-9,13H,7,10-12H2,1-5H3,(H2,20,21,25). The Balaban J connectivity index is 1.82. The summed E-state index contributed by atoms with van der Waals surface area (Å²) >= 11 is 7.06. The monoisotopic (exact) mass is 391 g/mol. The van der Waals surface area contributed by atoms with Gasteiger partial charge >= 0.3 is 0 Å². The van der Waals surface area contributed by atoms with Gasteiger partial charge in [0.2, 0.25) is 0 Å². The van der Waals surface area contributed by atoms with Crippen molar-refractivity contribution in [3.63, 3.8) is 0 Å². The van der Waals surface area contributed by atoms with E-state index in [2.05, 4.69) is 65.2 Å². The van der Waals surface area contributed by atoms with Crippen LogP contribution < -0.4 is 10.6 Å².